The van der Waals surface area contributed by atoms with E-state index in [4.69, 9.17) is 9.15 Å². The predicted molar refractivity (Wildman–Crippen MR) is 101 cm³/mol. The number of hydrogen-bond acceptors (Lipinski definition) is 4. The largest absolute Gasteiger partial charge is 0.467 e. The molecule has 0 aliphatic carbocycles. The molecule has 9 heteroatoms. The molecular weight excluding hydrogens is 401 g/mol. The molecule has 0 saturated carbocycles. The number of aromatic nitrogens is 1. The van der Waals surface area contributed by atoms with Crippen LogP contribution in [0.1, 0.15) is 22.5 Å². The average molecular weight is 420 g/mol. The Kier molecular flexibility index (Phi) is 6.73. The van der Waals surface area contributed by atoms with Crippen LogP contribution in [-0.4, -0.2) is 10.5 Å². The van der Waals surface area contributed by atoms with Gasteiger partial charge in [0.05, 0.1) is 12.9 Å². The number of carbonyl (C=O) groups excluding carboxylic acids is 1. The van der Waals surface area contributed by atoms with Crippen LogP contribution in [-0.2, 0) is 42.0 Å². The van der Waals surface area contributed by atoms with E-state index in [1.54, 1.807) is 18.4 Å². The lowest BCUT2D eigenvalue weighted by Crippen LogP contribution is -2.34. The van der Waals surface area contributed by atoms with Gasteiger partial charge < -0.3 is 19.0 Å². The van der Waals surface area contributed by atoms with Crippen LogP contribution in [0, 0.1) is 0 Å². The van der Waals surface area contributed by atoms with Crippen LogP contribution in [0.25, 0.3) is 0 Å². The van der Waals surface area contributed by atoms with Gasteiger partial charge in [0, 0.05) is 12.7 Å². The smallest absolute Gasteiger partial charge is 0.421 e. The minimum atomic E-state index is -4.77. The molecule has 3 aromatic rings. The second-order valence-electron chi connectivity index (χ2n) is 6.52. The Hall–Kier alpha value is -3.33. The van der Waals surface area contributed by atoms with Gasteiger partial charge in [0.25, 0.3) is 5.56 Å². The van der Waals surface area contributed by atoms with Crippen LogP contribution in [0.5, 0.6) is 0 Å². The van der Waals surface area contributed by atoms with Crippen molar-refractivity contribution < 1.29 is 27.1 Å². The lowest BCUT2D eigenvalue weighted by molar-refractivity contribution is -0.139. The molecule has 6 nitrogen and oxygen atoms in total. The van der Waals surface area contributed by atoms with Crippen molar-refractivity contribution in [3.63, 3.8) is 0 Å². The van der Waals surface area contributed by atoms with Crippen LogP contribution in [0.15, 0.2) is 70.2 Å². The third kappa shape index (κ3) is 5.84. The number of furan rings is 1. The van der Waals surface area contributed by atoms with Crippen molar-refractivity contribution in [1.82, 2.24) is 9.88 Å². The highest BCUT2D eigenvalue weighted by atomic mass is 19.4. The van der Waals surface area contributed by atoms with Crippen molar-refractivity contribution in [3.8, 4) is 0 Å². The van der Waals surface area contributed by atoms with Crippen molar-refractivity contribution in [2.75, 3.05) is 0 Å². The summed E-state index contributed by atoms with van der Waals surface area (Å²) in [7, 11) is 0. The van der Waals surface area contributed by atoms with Crippen LogP contribution in [0.2, 0.25) is 0 Å². The summed E-state index contributed by atoms with van der Waals surface area (Å²) in [6, 6.07) is 12.7. The maximum Gasteiger partial charge on any atom is 0.421 e. The van der Waals surface area contributed by atoms with Gasteiger partial charge in [-0.15, -0.1) is 0 Å². The summed E-state index contributed by atoms with van der Waals surface area (Å²) in [4.78, 5) is 24.0. The fraction of sp³-hybridized carbons (Fsp3) is 0.238. The zero-order valence-corrected chi connectivity index (χ0v) is 15.8. The number of nitrogens with zero attached hydrogens (tertiary/aromatic N) is 1. The number of halogens is 3. The summed E-state index contributed by atoms with van der Waals surface area (Å²) in [6.45, 7) is 0.342. The number of hydrogen-bond donors (Lipinski definition) is 1. The fourth-order valence-corrected chi connectivity index (χ4v) is 2.78. The van der Waals surface area contributed by atoms with E-state index in [0.717, 1.165) is 28.0 Å². The summed E-state index contributed by atoms with van der Waals surface area (Å²) < 4.78 is 49.9. The molecule has 0 atom stereocenters. The molecule has 0 spiro atoms. The number of nitrogens with one attached hydrogen (secondary N) is 1. The molecule has 1 N–H and O–H groups in total. The molecule has 1 amide bonds. The lowest BCUT2D eigenvalue weighted by atomic mass is 10.1. The number of ether oxygens (including phenoxy) is 1. The molecular formula is C21H19F3N2O4. The van der Waals surface area contributed by atoms with E-state index in [0.29, 0.717) is 25.0 Å². The molecule has 1 aromatic carbocycles. The Bertz CT molecular complexity index is 1040. The zero-order chi connectivity index (χ0) is 21.6. The van der Waals surface area contributed by atoms with Crippen molar-refractivity contribution in [2.45, 2.75) is 32.5 Å². The first kappa shape index (κ1) is 21.4. The van der Waals surface area contributed by atoms with Crippen LogP contribution < -0.4 is 10.9 Å². The van der Waals surface area contributed by atoms with Crippen molar-refractivity contribution in [3.05, 3.63) is 93.8 Å². The van der Waals surface area contributed by atoms with Gasteiger partial charge >= 0.3 is 6.18 Å². The number of pyridine rings is 1. The summed E-state index contributed by atoms with van der Waals surface area (Å²) in [5, 5.41) is 2.60. The molecule has 2 aromatic heterocycles. The normalized spacial score (nSPS) is 11.4. The fourth-order valence-electron chi connectivity index (χ4n) is 2.78. The maximum absolute atomic E-state index is 12.8. The molecule has 0 radical (unpaired) electrons. The first-order chi connectivity index (χ1) is 14.3. The van der Waals surface area contributed by atoms with E-state index < -0.39 is 29.8 Å². The molecule has 2 heterocycles. The van der Waals surface area contributed by atoms with E-state index in [-0.39, 0.29) is 6.54 Å². The summed E-state index contributed by atoms with van der Waals surface area (Å²) in [6.07, 6.45) is -2.06. The Morgan fingerprint density at radius 3 is 2.60 bits per heavy atom. The molecule has 0 saturated heterocycles. The first-order valence-electron chi connectivity index (χ1n) is 9.04. The molecule has 158 valence electrons. The highest BCUT2D eigenvalue weighted by Crippen LogP contribution is 2.25. The van der Waals surface area contributed by atoms with Crippen LogP contribution in [0.4, 0.5) is 13.2 Å². The quantitative estimate of drug-likeness (QED) is 0.606. The highest BCUT2D eigenvalue weighted by molar-refractivity contribution is 5.75. The molecule has 30 heavy (non-hydrogen) atoms. The summed E-state index contributed by atoms with van der Waals surface area (Å²) >= 11 is 0. The standard InChI is InChI=1S/C21H19F3N2O4/c22-21(23,24)18-7-2-8-26(20(18)28)12-19(27)25-11-15-4-1-5-16(10-15)13-29-14-17-6-3-9-30-17/h1-10H,11-14H2,(H,25,27). The van der Waals surface area contributed by atoms with Crippen LogP contribution >= 0.6 is 0 Å². The topological polar surface area (TPSA) is 73.5 Å². The molecule has 0 aliphatic heterocycles. The van der Waals surface area contributed by atoms with Crippen molar-refractivity contribution in [2.24, 2.45) is 0 Å². The maximum atomic E-state index is 12.8. The number of amides is 1. The molecule has 3 rings (SSSR count). The van der Waals surface area contributed by atoms with Crippen LogP contribution in [0.3, 0.4) is 0 Å². The molecule has 0 unspecified atom stereocenters. The predicted octanol–water partition coefficient (Wildman–Crippen LogP) is 3.49. The number of rotatable bonds is 8. The van der Waals surface area contributed by atoms with Gasteiger partial charge in [-0.25, -0.2) is 0 Å². The molecule has 0 bridgehead atoms. The van der Waals surface area contributed by atoms with Crippen molar-refractivity contribution >= 4 is 5.91 Å². The van der Waals surface area contributed by atoms with Gasteiger partial charge in [-0.3, -0.25) is 9.59 Å². The summed E-state index contributed by atoms with van der Waals surface area (Å²) in [5.74, 6) is 0.138. The SMILES string of the molecule is O=C(Cn1cccc(C(F)(F)F)c1=O)NCc1cccc(COCc2ccco2)c1. The van der Waals surface area contributed by atoms with Gasteiger partial charge in [0.2, 0.25) is 5.91 Å². The van der Waals surface area contributed by atoms with E-state index in [2.05, 4.69) is 5.32 Å². The number of alkyl halides is 3. The lowest BCUT2D eigenvalue weighted by Gasteiger charge is -2.11. The Morgan fingerprint density at radius 1 is 1.07 bits per heavy atom. The Balaban J connectivity index is 1.53. The monoisotopic (exact) mass is 420 g/mol. The highest BCUT2D eigenvalue weighted by Gasteiger charge is 2.34. The van der Waals surface area contributed by atoms with E-state index >= 15 is 0 Å². The van der Waals surface area contributed by atoms with Gasteiger partial charge in [-0.1, -0.05) is 24.3 Å². The number of benzene rings is 1. The zero-order valence-electron chi connectivity index (χ0n) is 15.8. The van der Waals surface area contributed by atoms with Gasteiger partial charge in [0.15, 0.2) is 0 Å². The first-order valence-corrected chi connectivity index (χ1v) is 9.04. The second-order valence-corrected chi connectivity index (χ2v) is 6.52. The Morgan fingerprint density at radius 2 is 1.87 bits per heavy atom. The minimum absolute atomic E-state index is 0.165. The van der Waals surface area contributed by atoms with Gasteiger partial charge in [-0.2, -0.15) is 13.2 Å². The number of carbonyl (C=O) groups is 1. The molecule has 0 fully saturated rings. The average Bonchev–Trinajstić information content (AvgIpc) is 3.21. The minimum Gasteiger partial charge on any atom is -0.467 e. The Labute approximate surface area is 169 Å². The van der Waals surface area contributed by atoms with E-state index in [9.17, 15) is 22.8 Å². The second kappa shape index (κ2) is 9.45. The third-order valence-electron chi connectivity index (χ3n) is 4.21. The molecule has 0 aliphatic rings. The van der Waals surface area contributed by atoms with E-state index in [1.165, 1.54) is 0 Å². The van der Waals surface area contributed by atoms with Gasteiger partial charge in [0.1, 0.15) is 24.5 Å². The van der Waals surface area contributed by atoms with E-state index in [1.807, 2.05) is 24.3 Å². The van der Waals surface area contributed by atoms with Crippen molar-refractivity contribution in [1.29, 1.82) is 0 Å². The third-order valence-corrected chi connectivity index (χ3v) is 4.21. The van der Waals surface area contributed by atoms with Gasteiger partial charge in [-0.05, 0) is 35.4 Å². The summed E-state index contributed by atoms with van der Waals surface area (Å²) in [5.41, 5.74) is -0.878.